The molecule has 2 aromatic heterocycles. The Bertz CT molecular complexity index is 901. The number of ether oxygens (including phenoxy) is 1. The highest BCUT2D eigenvalue weighted by Crippen LogP contribution is 2.24. The standard InChI is InChI=1S/C19H16N2O4S/c1-13(25-17(22)10-9-15-8-5-11-24-15)18(23)21-19-20-16(12-26-19)14-6-3-2-4-7-14/h2-13H,1H3,(H,20,21,23)/b10-9+/t13-/m0/s1. The Balaban J connectivity index is 1.54. The van der Waals surface area contributed by atoms with Crippen LogP contribution in [-0.4, -0.2) is 23.0 Å². The Morgan fingerprint density at radius 1 is 1.23 bits per heavy atom. The second-order valence-corrected chi connectivity index (χ2v) is 6.18. The van der Waals surface area contributed by atoms with Gasteiger partial charge in [-0.25, -0.2) is 9.78 Å². The number of furan rings is 1. The number of hydrogen-bond donors (Lipinski definition) is 1. The van der Waals surface area contributed by atoms with Crippen LogP contribution in [0.2, 0.25) is 0 Å². The van der Waals surface area contributed by atoms with Gasteiger partial charge in [0.1, 0.15) is 5.76 Å². The van der Waals surface area contributed by atoms with Crippen molar-refractivity contribution < 1.29 is 18.7 Å². The summed E-state index contributed by atoms with van der Waals surface area (Å²) in [6.45, 7) is 1.50. The fourth-order valence-corrected chi connectivity index (χ4v) is 2.81. The van der Waals surface area contributed by atoms with Gasteiger partial charge in [0.05, 0.1) is 12.0 Å². The third-order valence-corrected chi connectivity index (χ3v) is 4.15. The lowest BCUT2D eigenvalue weighted by molar-refractivity contribution is -0.148. The smallest absolute Gasteiger partial charge is 0.331 e. The fourth-order valence-electron chi connectivity index (χ4n) is 2.08. The van der Waals surface area contributed by atoms with Crippen molar-refractivity contribution in [3.63, 3.8) is 0 Å². The molecule has 1 atom stereocenters. The van der Waals surface area contributed by atoms with Gasteiger partial charge in [0, 0.05) is 17.0 Å². The number of carbonyl (C=O) groups excluding carboxylic acids is 2. The van der Waals surface area contributed by atoms with Crippen LogP contribution in [0.15, 0.2) is 64.6 Å². The largest absolute Gasteiger partial charge is 0.465 e. The molecule has 1 amide bonds. The van der Waals surface area contributed by atoms with E-state index in [4.69, 9.17) is 9.15 Å². The average Bonchev–Trinajstić information content (AvgIpc) is 3.32. The van der Waals surface area contributed by atoms with Gasteiger partial charge in [0.25, 0.3) is 5.91 Å². The number of amides is 1. The van der Waals surface area contributed by atoms with Crippen molar-refractivity contribution in [2.24, 2.45) is 0 Å². The minimum absolute atomic E-state index is 0.446. The van der Waals surface area contributed by atoms with Crippen molar-refractivity contribution in [2.45, 2.75) is 13.0 Å². The maximum Gasteiger partial charge on any atom is 0.331 e. The molecule has 0 aliphatic carbocycles. The Labute approximate surface area is 154 Å². The van der Waals surface area contributed by atoms with Crippen LogP contribution in [0.3, 0.4) is 0 Å². The molecular weight excluding hydrogens is 352 g/mol. The maximum absolute atomic E-state index is 12.2. The normalized spacial score (nSPS) is 12.0. The minimum atomic E-state index is -0.951. The molecule has 0 bridgehead atoms. The molecule has 0 saturated heterocycles. The molecule has 0 spiro atoms. The average molecular weight is 368 g/mol. The number of nitrogens with one attached hydrogen (secondary N) is 1. The quantitative estimate of drug-likeness (QED) is 0.526. The Morgan fingerprint density at radius 2 is 2.04 bits per heavy atom. The molecule has 1 aromatic carbocycles. The molecule has 132 valence electrons. The van der Waals surface area contributed by atoms with Gasteiger partial charge in [0.2, 0.25) is 0 Å². The van der Waals surface area contributed by atoms with Crippen LogP contribution in [0.4, 0.5) is 5.13 Å². The number of nitrogens with zero attached hydrogens (tertiary/aromatic N) is 1. The van der Waals surface area contributed by atoms with Crippen LogP contribution >= 0.6 is 11.3 Å². The van der Waals surface area contributed by atoms with Gasteiger partial charge in [0.15, 0.2) is 11.2 Å². The summed E-state index contributed by atoms with van der Waals surface area (Å²) in [5.41, 5.74) is 1.74. The van der Waals surface area contributed by atoms with Gasteiger partial charge in [-0.3, -0.25) is 10.1 Å². The molecule has 7 heteroatoms. The van der Waals surface area contributed by atoms with E-state index in [-0.39, 0.29) is 0 Å². The van der Waals surface area contributed by atoms with E-state index in [0.717, 1.165) is 11.3 Å². The zero-order valence-electron chi connectivity index (χ0n) is 13.9. The van der Waals surface area contributed by atoms with Crippen molar-refractivity contribution in [2.75, 3.05) is 5.32 Å². The van der Waals surface area contributed by atoms with Crippen molar-refractivity contribution >= 4 is 34.4 Å². The van der Waals surface area contributed by atoms with Gasteiger partial charge in [-0.05, 0) is 25.1 Å². The Morgan fingerprint density at radius 3 is 2.77 bits per heavy atom. The summed E-state index contributed by atoms with van der Waals surface area (Å²) in [5.74, 6) is -0.554. The third kappa shape index (κ3) is 4.67. The van der Waals surface area contributed by atoms with Gasteiger partial charge in [-0.1, -0.05) is 30.3 Å². The number of carbonyl (C=O) groups is 2. The number of aromatic nitrogens is 1. The maximum atomic E-state index is 12.2. The lowest BCUT2D eigenvalue weighted by Crippen LogP contribution is -2.29. The molecule has 6 nitrogen and oxygen atoms in total. The SMILES string of the molecule is C[C@H](OC(=O)/C=C/c1ccco1)C(=O)Nc1nc(-c2ccccc2)cs1. The van der Waals surface area contributed by atoms with Gasteiger partial charge >= 0.3 is 5.97 Å². The monoisotopic (exact) mass is 368 g/mol. The van der Waals surface area contributed by atoms with E-state index in [9.17, 15) is 9.59 Å². The Hall–Kier alpha value is -3.19. The van der Waals surface area contributed by atoms with Crippen LogP contribution < -0.4 is 5.32 Å². The first-order chi connectivity index (χ1) is 12.6. The number of thiazole rings is 1. The first-order valence-corrected chi connectivity index (χ1v) is 8.74. The number of hydrogen-bond acceptors (Lipinski definition) is 6. The van der Waals surface area contributed by atoms with Crippen LogP contribution in [0.5, 0.6) is 0 Å². The molecular formula is C19H16N2O4S. The molecule has 0 unspecified atom stereocenters. The fraction of sp³-hybridized carbons (Fsp3) is 0.105. The molecule has 0 aliphatic rings. The molecule has 1 N–H and O–H groups in total. The predicted octanol–water partition coefficient (Wildman–Crippen LogP) is 3.99. The predicted molar refractivity (Wildman–Crippen MR) is 99.5 cm³/mol. The third-order valence-electron chi connectivity index (χ3n) is 3.39. The number of rotatable bonds is 6. The van der Waals surface area contributed by atoms with Crippen molar-refractivity contribution in [3.05, 3.63) is 65.9 Å². The Kier molecular flexibility index (Phi) is 5.60. The lowest BCUT2D eigenvalue weighted by Gasteiger charge is -2.10. The summed E-state index contributed by atoms with van der Waals surface area (Å²) in [6.07, 6.45) is 3.23. The molecule has 3 aromatic rings. The molecule has 0 saturated carbocycles. The zero-order chi connectivity index (χ0) is 18.4. The summed E-state index contributed by atoms with van der Waals surface area (Å²) in [6, 6.07) is 13.1. The van der Waals surface area contributed by atoms with Crippen molar-refractivity contribution in [1.82, 2.24) is 4.98 Å². The summed E-state index contributed by atoms with van der Waals surface area (Å²) in [4.78, 5) is 28.3. The van der Waals surface area contributed by atoms with E-state index in [0.29, 0.717) is 10.9 Å². The van der Waals surface area contributed by atoms with Gasteiger partial charge in [-0.2, -0.15) is 0 Å². The molecule has 3 rings (SSSR count). The first kappa shape index (κ1) is 17.6. The molecule has 2 heterocycles. The minimum Gasteiger partial charge on any atom is -0.465 e. The van der Waals surface area contributed by atoms with Crippen LogP contribution in [-0.2, 0) is 14.3 Å². The molecule has 0 aliphatic heterocycles. The van der Waals surface area contributed by atoms with Crippen LogP contribution in [0.25, 0.3) is 17.3 Å². The van der Waals surface area contributed by atoms with Crippen molar-refractivity contribution in [3.8, 4) is 11.3 Å². The summed E-state index contributed by atoms with van der Waals surface area (Å²) in [7, 11) is 0. The number of anilines is 1. The topological polar surface area (TPSA) is 81.4 Å². The van der Waals surface area contributed by atoms with E-state index in [2.05, 4.69) is 10.3 Å². The summed E-state index contributed by atoms with van der Waals surface area (Å²) < 4.78 is 10.1. The second-order valence-electron chi connectivity index (χ2n) is 5.32. The van der Waals surface area contributed by atoms with E-state index < -0.39 is 18.0 Å². The number of benzene rings is 1. The van der Waals surface area contributed by atoms with Gasteiger partial charge in [-0.15, -0.1) is 11.3 Å². The van der Waals surface area contributed by atoms with Crippen molar-refractivity contribution in [1.29, 1.82) is 0 Å². The van der Waals surface area contributed by atoms with Crippen LogP contribution in [0, 0.1) is 0 Å². The zero-order valence-corrected chi connectivity index (χ0v) is 14.7. The highest BCUT2D eigenvalue weighted by Gasteiger charge is 2.18. The molecule has 0 radical (unpaired) electrons. The number of esters is 1. The lowest BCUT2D eigenvalue weighted by atomic mass is 10.2. The van der Waals surface area contributed by atoms with E-state index in [1.54, 1.807) is 12.1 Å². The van der Waals surface area contributed by atoms with Crippen LogP contribution in [0.1, 0.15) is 12.7 Å². The van der Waals surface area contributed by atoms with Gasteiger partial charge < -0.3 is 9.15 Å². The van der Waals surface area contributed by atoms with E-state index in [1.807, 2.05) is 35.7 Å². The second kappa shape index (κ2) is 8.26. The highest BCUT2D eigenvalue weighted by molar-refractivity contribution is 7.14. The summed E-state index contributed by atoms with van der Waals surface area (Å²) >= 11 is 1.31. The molecule has 0 fully saturated rings. The van der Waals surface area contributed by atoms with E-state index in [1.165, 1.54) is 36.7 Å². The first-order valence-electron chi connectivity index (χ1n) is 7.86. The van der Waals surface area contributed by atoms with E-state index >= 15 is 0 Å². The molecule has 26 heavy (non-hydrogen) atoms. The highest BCUT2D eigenvalue weighted by atomic mass is 32.1. The summed E-state index contributed by atoms with van der Waals surface area (Å²) in [5, 5.41) is 4.96.